The molecule has 0 spiro atoms. The normalized spacial score (nSPS) is 23.9. The van der Waals surface area contributed by atoms with Gasteiger partial charge in [0.25, 0.3) is 0 Å². The van der Waals surface area contributed by atoms with Gasteiger partial charge in [0.15, 0.2) is 5.79 Å². The van der Waals surface area contributed by atoms with Crippen LogP contribution in [0.25, 0.3) is 0 Å². The van der Waals surface area contributed by atoms with Crippen LogP contribution in [-0.2, 0) is 15.9 Å². The van der Waals surface area contributed by atoms with Crippen LogP contribution < -0.4 is 9.47 Å². The second kappa shape index (κ2) is 14.1. The molecule has 2 aliphatic heterocycles. The van der Waals surface area contributed by atoms with Gasteiger partial charge in [-0.25, -0.2) is 0 Å². The highest BCUT2D eigenvalue weighted by atomic mass is 16.7. The second-order valence-corrected chi connectivity index (χ2v) is 14.2. The quantitative estimate of drug-likeness (QED) is 0.220. The predicted molar refractivity (Wildman–Crippen MR) is 163 cm³/mol. The van der Waals surface area contributed by atoms with E-state index in [0.29, 0.717) is 13.2 Å². The molecule has 3 rings (SSSR count). The highest BCUT2D eigenvalue weighted by Crippen LogP contribution is 2.45. The van der Waals surface area contributed by atoms with Crippen LogP contribution in [0.15, 0.2) is 0 Å². The Morgan fingerprint density at radius 3 is 2.03 bits per heavy atom. The summed E-state index contributed by atoms with van der Waals surface area (Å²) in [5, 5.41) is 0. The van der Waals surface area contributed by atoms with Crippen molar-refractivity contribution >= 4 is 0 Å². The maximum atomic E-state index is 6.82. The highest BCUT2D eigenvalue weighted by Gasteiger charge is 2.36. The summed E-state index contributed by atoms with van der Waals surface area (Å²) in [6, 6.07) is 0. The van der Waals surface area contributed by atoms with Crippen LogP contribution in [-0.4, -0.2) is 30.7 Å². The van der Waals surface area contributed by atoms with Gasteiger partial charge in [0, 0.05) is 5.56 Å². The Bertz CT molecular complexity index is 920. The zero-order chi connectivity index (χ0) is 28.8. The Hall–Kier alpha value is -1.26. The van der Waals surface area contributed by atoms with Crippen molar-refractivity contribution in [3.8, 4) is 11.5 Å². The summed E-state index contributed by atoms with van der Waals surface area (Å²) in [6.45, 7) is 23.4. The number of ether oxygens (including phenoxy) is 4. The maximum Gasteiger partial charge on any atom is 0.163 e. The fraction of sp³-hybridized carbons (Fsp3) is 0.829. The number of rotatable bonds is 15. The number of hydrogen-bond donors (Lipinski definition) is 0. The van der Waals surface area contributed by atoms with Gasteiger partial charge in [-0.2, -0.15) is 0 Å². The van der Waals surface area contributed by atoms with Gasteiger partial charge >= 0.3 is 0 Å². The zero-order valence-electron chi connectivity index (χ0n) is 27.1. The predicted octanol–water partition coefficient (Wildman–Crippen LogP) is 9.66. The lowest BCUT2D eigenvalue weighted by molar-refractivity contribution is -0.141. The molecule has 2 aliphatic rings. The van der Waals surface area contributed by atoms with Crippen LogP contribution in [0, 0.1) is 38.5 Å². The molecule has 1 fully saturated rings. The summed E-state index contributed by atoms with van der Waals surface area (Å²) in [5.74, 6) is 4.10. The fourth-order valence-electron chi connectivity index (χ4n) is 6.50. The van der Waals surface area contributed by atoms with Gasteiger partial charge in [-0.15, -0.1) is 0 Å². The Morgan fingerprint density at radius 1 is 0.821 bits per heavy atom. The number of benzene rings is 1. The topological polar surface area (TPSA) is 36.9 Å². The Balaban J connectivity index is 1.47. The molecule has 0 aliphatic carbocycles. The van der Waals surface area contributed by atoms with E-state index in [0.717, 1.165) is 48.5 Å². The molecule has 4 nitrogen and oxygen atoms in total. The van der Waals surface area contributed by atoms with Crippen LogP contribution >= 0.6 is 0 Å². The van der Waals surface area contributed by atoms with Crippen molar-refractivity contribution in [2.75, 3.05) is 13.2 Å². The first-order valence-electron chi connectivity index (χ1n) is 16.1. The van der Waals surface area contributed by atoms with E-state index in [1.807, 2.05) is 13.8 Å². The lowest BCUT2D eigenvalue weighted by Gasteiger charge is -2.38. The average molecular weight is 545 g/mol. The van der Waals surface area contributed by atoms with Crippen molar-refractivity contribution in [2.45, 2.75) is 157 Å². The monoisotopic (exact) mass is 544 g/mol. The van der Waals surface area contributed by atoms with Gasteiger partial charge in [0.2, 0.25) is 0 Å². The molecule has 1 saturated heterocycles. The van der Waals surface area contributed by atoms with Gasteiger partial charge < -0.3 is 18.9 Å². The van der Waals surface area contributed by atoms with E-state index in [1.54, 1.807) is 0 Å². The standard InChI is InChI=1S/C35H60O4/c1-24(2)14-11-15-25(3)16-12-17-26(4)18-13-20-35(10)21-19-31-29(7)32(27(5)28(6)33(31)39-35)36-22-30-23-37-34(8,9)38-30/h24-26,30H,11-23H2,1-10H3. The van der Waals surface area contributed by atoms with E-state index in [4.69, 9.17) is 18.9 Å². The minimum atomic E-state index is -0.522. The van der Waals surface area contributed by atoms with Gasteiger partial charge in [-0.05, 0) is 102 Å². The molecular weight excluding hydrogens is 484 g/mol. The summed E-state index contributed by atoms with van der Waals surface area (Å²) in [6.07, 6.45) is 14.1. The number of fused-ring (bicyclic) bond motifs is 1. The van der Waals surface area contributed by atoms with Crippen LogP contribution in [0.4, 0.5) is 0 Å². The molecule has 0 radical (unpaired) electrons. The van der Waals surface area contributed by atoms with Crippen LogP contribution in [0.3, 0.4) is 0 Å². The van der Waals surface area contributed by atoms with Crippen molar-refractivity contribution in [3.63, 3.8) is 0 Å². The molecule has 39 heavy (non-hydrogen) atoms. The van der Waals surface area contributed by atoms with Gasteiger partial charge in [-0.3, -0.25) is 0 Å². The minimum Gasteiger partial charge on any atom is -0.490 e. The molecule has 4 heteroatoms. The molecule has 2 heterocycles. The largest absolute Gasteiger partial charge is 0.490 e. The molecule has 224 valence electrons. The van der Waals surface area contributed by atoms with Crippen molar-refractivity contribution in [1.82, 2.24) is 0 Å². The van der Waals surface area contributed by atoms with Gasteiger partial charge in [0.05, 0.1) is 6.61 Å². The zero-order valence-corrected chi connectivity index (χ0v) is 27.1. The minimum absolute atomic E-state index is 0.0322. The summed E-state index contributed by atoms with van der Waals surface area (Å²) in [4.78, 5) is 0. The third kappa shape index (κ3) is 9.38. The highest BCUT2D eigenvalue weighted by molar-refractivity contribution is 5.59. The Kier molecular flexibility index (Phi) is 11.6. The van der Waals surface area contributed by atoms with Crippen LogP contribution in [0.5, 0.6) is 11.5 Å². The maximum absolute atomic E-state index is 6.82. The van der Waals surface area contributed by atoms with E-state index in [1.165, 1.54) is 73.6 Å². The van der Waals surface area contributed by atoms with Crippen molar-refractivity contribution in [3.05, 3.63) is 22.3 Å². The lowest BCUT2D eigenvalue weighted by atomic mass is 9.83. The third-order valence-electron chi connectivity index (χ3n) is 9.32. The molecule has 4 atom stereocenters. The average Bonchev–Trinajstić information content (AvgIpc) is 3.20. The Labute approximate surface area is 240 Å². The molecule has 0 saturated carbocycles. The van der Waals surface area contributed by atoms with Gasteiger partial charge in [-0.1, -0.05) is 72.6 Å². The first kappa shape index (κ1) is 32.3. The summed E-state index contributed by atoms with van der Waals surface area (Å²) in [5.41, 5.74) is 4.87. The first-order chi connectivity index (χ1) is 18.3. The van der Waals surface area contributed by atoms with Crippen molar-refractivity contribution < 1.29 is 18.9 Å². The van der Waals surface area contributed by atoms with Crippen molar-refractivity contribution in [2.24, 2.45) is 17.8 Å². The van der Waals surface area contributed by atoms with Gasteiger partial charge in [0.1, 0.15) is 29.8 Å². The summed E-state index contributed by atoms with van der Waals surface area (Å²) >= 11 is 0. The molecule has 4 unspecified atom stereocenters. The summed E-state index contributed by atoms with van der Waals surface area (Å²) in [7, 11) is 0. The fourth-order valence-corrected chi connectivity index (χ4v) is 6.50. The van der Waals surface area contributed by atoms with E-state index in [-0.39, 0.29) is 11.7 Å². The molecule has 0 amide bonds. The van der Waals surface area contributed by atoms with Crippen LogP contribution in [0.1, 0.15) is 135 Å². The SMILES string of the molecule is Cc1c(C)c2c(c(C)c1OCC1COC(C)(C)O1)CCC(C)(CCCC(C)CCCC(C)CCCC(C)C)O2. The van der Waals surface area contributed by atoms with E-state index in [9.17, 15) is 0 Å². The molecule has 1 aromatic carbocycles. The third-order valence-corrected chi connectivity index (χ3v) is 9.32. The van der Waals surface area contributed by atoms with Crippen LogP contribution in [0.2, 0.25) is 0 Å². The van der Waals surface area contributed by atoms with Crippen molar-refractivity contribution in [1.29, 1.82) is 0 Å². The Morgan fingerprint density at radius 2 is 1.44 bits per heavy atom. The van der Waals surface area contributed by atoms with E-state index in [2.05, 4.69) is 55.4 Å². The molecular formula is C35H60O4. The molecule has 0 aromatic heterocycles. The lowest BCUT2D eigenvalue weighted by Crippen LogP contribution is -2.37. The van der Waals surface area contributed by atoms with E-state index < -0.39 is 5.79 Å². The smallest absolute Gasteiger partial charge is 0.163 e. The molecule has 0 N–H and O–H groups in total. The molecule has 1 aromatic rings. The summed E-state index contributed by atoms with van der Waals surface area (Å²) < 4.78 is 24.8. The van der Waals surface area contributed by atoms with E-state index >= 15 is 0 Å². The first-order valence-corrected chi connectivity index (χ1v) is 16.1. The molecule has 0 bridgehead atoms. The number of hydrogen-bond acceptors (Lipinski definition) is 4. The second-order valence-electron chi connectivity index (χ2n) is 14.2.